The molecule has 0 bridgehead atoms. The van der Waals surface area contributed by atoms with E-state index in [1.165, 1.54) is 6.08 Å². The zero-order chi connectivity index (χ0) is 18.4. The molecule has 3 rings (SSSR count). The second kappa shape index (κ2) is 8.12. The summed E-state index contributed by atoms with van der Waals surface area (Å²) in [6, 6.07) is 20.6. The van der Waals surface area contributed by atoms with Gasteiger partial charge in [-0.2, -0.15) is 0 Å². The van der Waals surface area contributed by atoms with Gasteiger partial charge < -0.3 is 9.30 Å². The van der Waals surface area contributed by atoms with E-state index in [0.717, 1.165) is 11.4 Å². The van der Waals surface area contributed by atoms with E-state index in [2.05, 4.69) is 0 Å². The van der Waals surface area contributed by atoms with Gasteiger partial charge in [0, 0.05) is 34.8 Å². The van der Waals surface area contributed by atoms with E-state index in [1.54, 1.807) is 37.4 Å². The molecular weight excluding hydrogens is 326 g/mol. The van der Waals surface area contributed by atoms with Gasteiger partial charge in [0.05, 0.1) is 6.61 Å². The first-order valence-electron chi connectivity index (χ1n) is 8.41. The first-order valence-corrected chi connectivity index (χ1v) is 8.41. The SMILES string of the molecule is CCOC(=O)/C=C/c1cc(C(=O)c2ccccc2)cn1-c1ccccc1. The zero-order valence-electron chi connectivity index (χ0n) is 14.5. The minimum atomic E-state index is -0.413. The summed E-state index contributed by atoms with van der Waals surface area (Å²) < 4.78 is 6.81. The van der Waals surface area contributed by atoms with Crippen LogP contribution in [-0.4, -0.2) is 22.9 Å². The van der Waals surface area contributed by atoms with Crippen molar-refractivity contribution in [2.75, 3.05) is 6.61 Å². The van der Waals surface area contributed by atoms with Crippen molar-refractivity contribution < 1.29 is 14.3 Å². The van der Waals surface area contributed by atoms with Gasteiger partial charge in [0.2, 0.25) is 0 Å². The predicted octanol–water partition coefficient (Wildman–Crippen LogP) is 4.28. The van der Waals surface area contributed by atoms with Crippen LogP contribution in [0.15, 0.2) is 79.0 Å². The highest BCUT2D eigenvalue weighted by Crippen LogP contribution is 2.20. The van der Waals surface area contributed by atoms with Crippen molar-refractivity contribution in [2.45, 2.75) is 6.92 Å². The highest BCUT2D eigenvalue weighted by molar-refractivity contribution is 6.09. The Balaban J connectivity index is 2.00. The molecule has 1 heterocycles. The number of rotatable bonds is 6. The number of nitrogens with zero attached hydrogens (tertiary/aromatic N) is 1. The molecule has 0 aliphatic carbocycles. The predicted molar refractivity (Wildman–Crippen MR) is 101 cm³/mol. The maximum atomic E-state index is 12.8. The number of hydrogen-bond acceptors (Lipinski definition) is 3. The number of para-hydroxylation sites is 1. The second-order valence-corrected chi connectivity index (χ2v) is 5.64. The Morgan fingerprint density at radius 3 is 2.27 bits per heavy atom. The zero-order valence-corrected chi connectivity index (χ0v) is 14.5. The third-order valence-corrected chi connectivity index (χ3v) is 3.86. The number of ether oxygens (including phenoxy) is 1. The Kier molecular flexibility index (Phi) is 5.44. The van der Waals surface area contributed by atoms with Crippen LogP contribution in [-0.2, 0) is 9.53 Å². The highest BCUT2D eigenvalue weighted by Gasteiger charge is 2.14. The highest BCUT2D eigenvalue weighted by atomic mass is 16.5. The Morgan fingerprint density at radius 1 is 0.962 bits per heavy atom. The van der Waals surface area contributed by atoms with Crippen molar-refractivity contribution in [1.29, 1.82) is 0 Å². The fourth-order valence-corrected chi connectivity index (χ4v) is 2.64. The van der Waals surface area contributed by atoms with Crippen LogP contribution in [0.3, 0.4) is 0 Å². The van der Waals surface area contributed by atoms with Crippen LogP contribution in [0.25, 0.3) is 11.8 Å². The summed E-state index contributed by atoms with van der Waals surface area (Å²) in [5.41, 5.74) is 2.81. The number of ketones is 1. The van der Waals surface area contributed by atoms with Gasteiger partial charge in [0.15, 0.2) is 5.78 Å². The summed E-state index contributed by atoms with van der Waals surface area (Å²) in [6.07, 6.45) is 4.82. The molecule has 0 unspecified atom stereocenters. The first kappa shape index (κ1) is 17.4. The molecule has 0 aliphatic rings. The summed E-state index contributed by atoms with van der Waals surface area (Å²) in [4.78, 5) is 24.4. The van der Waals surface area contributed by atoms with Gasteiger partial charge >= 0.3 is 5.97 Å². The molecule has 0 fully saturated rings. The molecule has 26 heavy (non-hydrogen) atoms. The van der Waals surface area contributed by atoms with Crippen LogP contribution in [0, 0.1) is 0 Å². The molecule has 1 aromatic heterocycles. The van der Waals surface area contributed by atoms with E-state index in [9.17, 15) is 9.59 Å². The molecule has 0 radical (unpaired) electrons. The van der Waals surface area contributed by atoms with Crippen LogP contribution >= 0.6 is 0 Å². The minimum absolute atomic E-state index is 0.0638. The van der Waals surface area contributed by atoms with Crippen LogP contribution < -0.4 is 0 Å². The second-order valence-electron chi connectivity index (χ2n) is 5.64. The molecule has 0 aliphatic heterocycles. The fraction of sp³-hybridized carbons (Fsp3) is 0.0909. The lowest BCUT2D eigenvalue weighted by Crippen LogP contribution is -2.00. The summed E-state index contributed by atoms with van der Waals surface area (Å²) in [5, 5.41) is 0. The van der Waals surface area contributed by atoms with Gasteiger partial charge in [-0.15, -0.1) is 0 Å². The van der Waals surface area contributed by atoms with Crippen LogP contribution in [0.1, 0.15) is 28.5 Å². The molecular formula is C22H19NO3. The standard InChI is InChI=1S/C22H19NO3/c1-2-26-21(24)14-13-20-15-18(22(25)17-9-5-3-6-10-17)16-23(20)19-11-7-4-8-12-19/h3-16H,2H2,1H3/b14-13+. The van der Waals surface area contributed by atoms with E-state index in [4.69, 9.17) is 4.74 Å². The number of aromatic nitrogens is 1. The normalized spacial score (nSPS) is 10.8. The Bertz CT molecular complexity index is 925. The number of hydrogen-bond donors (Lipinski definition) is 0. The van der Waals surface area contributed by atoms with Crippen molar-refractivity contribution >= 4 is 17.8 Å². The Hall–Kier alpha value is -3.40. The minimum Gasteiger partial charge on any atom is -0.463 e. The first-order chi connectivity index (χ1) is 12.7. The third kappa shape index (κ3) is 3.98. The van der Waals surface area contributed by atoms with Gasteiger partial charge in [0.25, 0.3) is 0 Å². The summed E-state index contributed by atoms with van der Waals surface area (Å²) in [7, 11) is 0. The molecule has 3 aromatic rings. The summed E-state index contributed by atoms with van der Waals surface area (Å²) in [6.45, 7) is 2.08. The molecule has 0 saturated heterocycles. The van der Waals surface area contributed by atoms with Gasteiger partial charge in [-0.3, -0.25) is 4.79 Å². The third-order valence-electron chi connectivity index (χ3n) is 3.86. The lowest BCUT2D eigenvalue weighted by molar-refractivity contribution is -0.137. The Labute approximate surface area is 152 Å². The van der Waals surface area contributed by atoms with Crippen LogP contribution in [0.4, 0.5) is 0 Å². The van der Waals surface area contributed by atoms with E-state index in [1.807, 2.05) is 53.1 Å². The topological polar surface area (TPSA) is 48.3 Å². The molecule has 0 atom stereocenters. The molecule has 0 saturated carbocycles. The van der Waals surface area contributed by atoms with Crippen molar-refractivity contribution in [3.8, 4) is 5.69 Å². The largest absolute Gasteiger partial charge is 0.463 e. The molecule has 4 heteroatoms. The lowest BCUT2D eigenvalue weighted by Gasteiger charge is -2.05. The van der Waals surface area contributed by atoms with Crippen LogP contribution in [0.5, 0.6) is 0 Å². The van der Waals surface area contributed by atoms with Gasteiger partial charge in [-0.1, -0.05) is 48.5 Å². The maximum absolute atomic E-state index is 12.8. The molecule has 2 aromatic carbocycles. The quantitative estimate of drug-likeness (QED) is 0.380. The number of carbonyl (C=O) groups is 2. The van der Waals surface area contributed by atoms with Gasteiger partial charge in [-0.05, 0) is 31.2 Å². The fourth-order valence-electron chi connectivity index (χ4n) is 2.64. The molecule has 0 amide bonds. The van der Waals surface area contributed by atoms with Crippen molar-refractivity contribution in [1.82, 2.24) is 4.57 Å². The number of esters is 1. The van der Waals surface area contributed by atoms with Gasteiger partial charge in [0.1, 0.15) is 0 Å². The monoisotopic (exact) mass is 345 g/mol. The van der Waals surface area contributed by atoms with E-state index in [0.29, 0.717) is 17.7 Å². The molecule has 4 nitrogen and oxygen atoms in total. The average Bonchev–Trinajstić information content (AvgIpc) is 3.12. The van der Waals surface area contributed by atoms with Crippen LogP contribution in [0.2, 0.25) is 0 Å². The smallest absolute Gasteiger partial charge is 0.330 e. The van der Waals surface area contributed by atoms with E-state index in [-0.39, 0.29) is 5.78 Å². The molecule has 130 valence electrons. The number of benzene rings is 2. The van der Waals surface area contributed by atoms with Crippen molar-refractivity contribution in [2.24, 2.45) is 0 Å². The maximum Gasteiger partial charge on any atom is 0.330 e. The Morgan fingerprint density at radius 2 is 1.62 bits per heavy atom. The van der Waals surface area contributed by atoms with Gasteiger partial charge in [-0.25, -0.2) is 4.79 Å². The molecule has 0 N–H and O–H groups in total. The number of carbonyl (C=O) groups excluding carboxylic acids is 2. The lowest BCUT2D eigenvalue weighted by atomic mass is 10.1. The summed E-state index contributed by atoms with van der Waals surface area (Å²) in [5.74, 6) is -0.477. The van der Waals surface area contributed by atoms with Crippen molar-refractivity contribution in [3.63, 3.8) is 0 Å². The molecule has 0 spiro atoms. The van der Waals surface area contributed by atoms with E-state index >= 15 is 0 Å². The summed E-state index contributed by atoms with van der Waals surface area (Å²) >= 11 is 0. The average molecular weight is 345 g/mol. The van der Waals surface area contributed by atoms with Crippen molar-refractivity contribution in [3.05, 3.63) is 95.8 Å². The van der Waals surface area contributed by atoms with E-state index < -0.39 is 5.97 Å².